The highest BCUT2D eigenvalue weighted by Crippen LogP contribution is 2.34. The summed E-state index contributed by atoms with van der Waals surface area (Å²) in [6, 6.07) is 2.74. The monoisotopic (exact) mass is 309 g/mol. The molecule has 19 heavy (non-hydrogen) atoms. The largest absolute Gasteiger partial charge is 0.478 e. The molecule has 0 aliphatic rings. The zero-order valence-electron chi connectivity index (χ0n) is 8.92. The minimum atomic E-state index is -4.75. The Labute approximate surface area is 114 Å². The van der Waals surface area contributed by atoms with Gasteiger partial charge < -0.3 is 5.11 Å². The number of hydrogen-bond donors (Lipinski definition) is 1. The molecule has 0 aliphatic heterocycles. The Kier molecular flexibility index (Phi) is 3.32. The third-order valence-corrected chi connectivity index (χ3v) is 3.09. The molecule has 1 aromatic heterocycles. The maximum atomic E-state index is 12.6. The van der Waals surface area contributed by atoms with Crippen molar-refractivity contribution in [3.8, 4) is 0 Å². The van der Waals surface area contributed by atoms with Gasteiger partial charge in [0.25, 0.3) is 0 Å². The van der Waals surface area contributed by atoms with E-state index in [1.807, 2.05) is 0 Å². The molecule has 0 amide bonds. The van der Waals surface area contributed by atoms with Crippen LogP contribution in [0.2, 0.25) is 10.0 Å². The molecule has 0 radical (unpaired) electrons. The van der Waals surface area contributed by atoms with E-state index in [1.54, 1.807) is 0 Å². The van der Waals surface area contributed by atoms with Gasteiger partial charge in [-0.25, -0.2) is 9.78 Å². The molecular formula is C11H4Cl2F3NO2. The lowest BCUT2D eigenvalue weighted by atomic mass is 10.1. The molecular weight excluding hydrogens is 306 g/mol. The van der Waals surface area contributed by atoms with Gasteiger partial charge in [0.2, 0.25) is 0 Å². The highest BCUT2D eigenvalue weighted by atomic mass is 35.5. The zero-order valence-corrected chi connectivity index (χ0v) is 10.4. The van der Waals surface area contributed by atoms with Crippen molar-refractivity contribution in [3.63, 3.8) is 0 Å². The van der Waals surface area contributed by atoms with Crippen molar-refractivity contribution in [1.82, 2.24) is 4.98 Å². The number of carboxylic acids is 1. The van der Waals surface area contributed by atoms with Crippen LogP contribution in [0.15, 0.2) is 18.2 Å². The van der Waals surface area contributed by atoms with E-state index < -0.39 is 23.4 Å². The maximum absolute atomic E-state index is 12.6. The van der Waals surface area contributed by atoms with Gasteiger partial charge in [0.1, 0.15) is 5.69 Å². The van der Waals surface area contributed by atoms with Crippen LogP contribution in [-0.2, 0) is 6.18 Å². The predicted octanol–water partition coefficient (Wildman–Crippen LogP) is 4.26. The number of carbonyl (C=O) groups is 1. The fraction of sp³-hybridized carbons (Fsp3) is 0.0909. The van der Waals surface area contributed by atoms with Gasteiger partial charge in [0.15, 0.2) is 0 Å². The van der Waals surface area contributed by atoms with Crippen LogP contribution in [0.25, 0.3) is 10.9 Å². The van der Waals surface area contributed by atoms with Crippen LogP contribution < -0.4 is 0 Å². The number of benzene rings is 1. The second-order valence-electron chi connectivity index (χ2n) is 3.64. The van der Waals surface area contributed by atoms with E-state index >= 15 is 0 Å². The van der Waals surface area contributed by atoms with Gasteiger partial charge in [-0.05, 0) is 18.2 Å². The molecule has 0 bridgehead atoms. The van der Waals surface area contributed by atoms with E-state index in [0.29, 0.717) is 6.07 Å². The normalized spacial score (nSPS) is 11.8. The summed E-state index contributed by atoms with van der Waals surface area (Å²) in [7, 11) is 0. The highest BCUT2D eigenvalue weighted by Gasteiger charge is 2.34. The first-order chi connectivity index (χ1) is 8.70. The van der Waals surface area contributed by atoms with Gasteiger partial charge in [-0.2, -0.15) is 13.2 Å². The van der Waals surface area contributed by atoms with Crippen molar-refractivity contribution in [1.29, 1.82) is 0 Å². The molecule has 2 aromatic rings. The number of carboxylic acid groups (broad SMARTS) is 1. The lowest BCUT2D eigenvalue weighted by molar-refractivity contribution is -0.140. The summed E-state index contributed by atoms with van der Waals surface area (Å²) in [4.78, 5) is 14.4. The summed E-state index contributed by atoms with van der Waals surface area (Å²) in [5, 5.41) is 8.99. The van der Waals surface area contributed by atoms with Crippen LogP contribution in [0.1, 0.15) is 16.1 Å². The van der Waals surface area contributed by atoms with Crippen molar-refractivity contribution < 1.29 is 23.1 Å². The number of halogens is 5. The number of alkyl halides is 3. The number of fused-ring (bicyclic) bond motifs is 1. The third kappa shape index (κ3) is 2.59. The molecule has 8 heteroatoms. The Morgan fingerprint density at radius 3 is 2.26 bits per heavy atom. The van der Waals surface area contributed by atoms with Gasteiger partial charge in [-0.3, -0.25) is 0 Å². The van der Waals surface area contributed by atoms with Gasteiger partial charge in [-0.1, -0.05) is 23.2 Å². The maximum Gasteiger partial charge on any atom is 0.433 e. The summed E-state index contributed by atoms with van der Waals surface area (Å²) in [5.74, 6) is -1.50. The zero-order chi connectivity index (χ0) is 14.4. The molecule has 2 rings (SSSR count). The van der Waals surface area contributed by atoms with Crippen LogP contribution in [-0.4, -0.2) is 16.1 Å². The van der Waals surface area contributed by atoms with Gasteiger partial charge in [0, 0.05) is 5.39 Å². The first-order valence-corrected chi connectivity index (χ1v) is 5.56. The molecule has 1 heterocycles. The molecule has 0 aliphatic carbocycles. The van der Waals surface area contributed by atoms with Crippen molar-refractivity contribution in [2.45, 2.75) is 6.18 Å². The van der Waals surface area contributed by atoms with Crippen molar-refractivity contribution in [2.75, 3.05) is 0 Å². The average Bonchev–Trinajstić information content (AvgIpc) is 2.27. The fourth-order valence-corrected chi connectivity index (χ4v) is 1.86. The van der Waals surface area contributed by atoms with E-state index in [9.17, 15) is 18.0 Å². The second-order valence-corrected chi connectivity index (χ2v) is 4.46. The fourth-order valence-electron chi connectivity index (χ4n) is 1.54. The minimum Gasteiger partial charge on any atom is -0.478 e. The predicted molar refractivity (Wildman–Crippen MR) is 63.7 cm³/mol. The third-order valence-electron chi connectivity index (χ3n) is 2.37. The summed E-state index contributed by atoms with van der Waals surface area (Å²) < 4.78 is 37.9. The van der Waals surface area contributed by atoms with Crippen LogP contribution in [0.5, 0.6) is 0 Å². The molecule has 1 aromatic carbocycles. The van der Waals surface area contributed by atoms with Gasteiger partial charge in [0.05, 0.1) is 21.1 Å². The molecule has 0 saturated carbocycles. The SMILES string of the molecule is O=C(O)c1cc(C(F)(F)F)nc2cc(Cl)c(Cl)cc12. The number of nitrogens with zero attached hydrogens (tertiary/aromatic N) is 1. The lowest BCUT2D eigenvalue weighted by Gasteiger charge is -2.10. The van der Waals surface area contributed by atoms with E-state index in [4.69, 9.17) is 28.3 Å². The minimum absolute atomic E-state index is 0.00247. The van der Waals surface area contributed by atoms with Gasteiger partial charge >= 0.3 is 12.1 Å². The topological polar surface area (TPSA) is 50.2 Å². The first-order valence-electron chi connectivity index (χ1n) is 4.80. The Balaban J connectivity index is 2.88. The Morgan fingerprint density at radius 1 is 1.16 bits per heavy atom. The summed E-state index contributed by atoms with van der Waals surface area (Å²) >= 11 is 11.4. The molecule has 0 saturated heterocycles. The standard InChI is InChI=1S/C11H4Cl2F3NO2/c12-6-1-4-5(10(18)19)2-9(11(14,15)16)17-8(4)3-7(6)13/h1-3H,(H,18,19). The first kappa shape index (κ1) is 13.9. The number of pyridine rings is 1. The van der Waals surface area contributed by atoms with Crippen molar-refractivity contribution >= 4 is 40.1 Å². The quantitative estimate of drug-likeness (QED) is 0.856. The Bertz CT molecular complexity index is 686. The van der Waals surface area contributed by atoms with Crippen LogP contribution in [0, 0.1) is 0 Å². The van der Waals surface area contributed by atoms with E-state index in [1.165, 1.54) is 6.07 Å². The second kappa shape index (κ2) is 4.54. The molecule has 1 N–H and O–H groups in total. The molecule has 0 unspecified atom stereocenters. The Morgan fingerprint density at radius 2 is 1.74 bits per heavy atom. The smallest absolute Gasteiger partial charge is 0.433 e. The van der Waals surface area contributed by atoms with Crippen molar-refractivity contribution in [2.24, 2.45) is 0 Å². The summed E-state index contributed by atoms with van der Waals surface area (Å²) in [6.45, 7) is 0. The van der Waals surface area contributed by atoms with Crippen molar-refractivity contribution in [3.05, 3.63) is 39.5 Å². The highest BCUT2D eigenvalue weighted by molar-refractivity contribution is 6.42. The summed E-state index contributed by atoms with van der Waals surface area (Å²) in [5.41, 5.74) is -2.01. The number of aromatic carboxylic acids is 1. The van der Waals surface area contributed by atoms with Gasteiger partial charge in [-0.15, -0.1) is 0 Å². The molecule has 3 nitrogen and oxygen atoms in total. The van der Waals surface area contributed by atoms with Crippen LogP contribution in [0.3, 0.4) is 0 Å². The molecule has 0 atom stereocenters. The Hall–Kier alpha value is -1.53. The van der Waals surface area contributed by atoms with E-state index in [-0.39, 0.29) is 20.9 Å². The van der Waals surface area contributed by atoms with E-state index in [0.717, 1.165) is 6.07 Å². The number of rotatable bonds is 1. The molecule has 0 fully saturated rings. The lowest BCUT2D eigenvalue weighted by Crippen LogP contribution is -2.11. The molecule has 0 spiro atoms. The van der Waals surface area contributed by atoms with Crippen LogP contribution in [0.4, 0.5) is 13.2 Å². The number of aromatic nitrogens is 1. The average molecular weight is 310 g/mol. The summed E-state index contributed by atoms with van der Waals surface area (Å²) in [6.07, 6.45) is -4.75. The number of hydrogen-bond acceptors (Lipinski definition) is 2. The molecule has 100 valence electrons. The van der Waals surface area contributed by atoms with E-state index in [2.05, 4.69) is 4.98 Å². The van der Waals surface area contributed by atoms with Crippen LogP contribution >= 0.6 is 23.2 Å².